The highest BCUT2D eigenvalue weighted by atomic mass is 35.5. The number of hydrogen-bond acceptors (Lipinski definition) is 6. The number of aromatic nitrogens is 4. The van der Waals surface area contributed by atoms with Crippen LogP contribution in [-0.4, -0.2) is 31.4 Å². The normalized spacial score (nSPS) is 11.7. The SMILES string of the molecule is CC(C)(C)OCc1ncc(C(=O)Nc2ccc3nc(-c4ccc(Cl)cn4)[nH]c3c2)s1. The Labute approximate surface area is 182 Å². The van der Waals surface area contributed by atoms with Crippen LogP contribution in [0, 0.1) is 0 Å². The molecule has 0 aliphatic heterocycles. The summed E-state index contributed by atoms with van der Waals surface area (Å²) < 4.78 is 5.71. The van der Waals surface area contributed by atoms with Crippen LogP contribution in [0.3, 0.4) is 0 Å². The number of halogens is 1. The van der Waals surface area contributed by atoms with Crippen molar-refractivity contribution in [2.24, 2.45) is 0 Å². The van der Waals surface area contributed by atoms with E-state index in [1.54, 1.807) is 24.5 Å². The molecule has 3 heterocycles. The van der Waals surface area contributed by atoms with E-state index in [0.717, 1.165) is 16.0 Å². The second-order valence-electron chi connectivity index (χ2n) is 7.65. The number of ether oxygens (including phenoxy) is 1. The van der Waals surface area contributed by atoms with Gasteiger partial charge in [-0.3, -0.25) is 9.78 Å². The number of rotatable bonds is 5. The van der Waals surface area contributed by atoms with Gasteiger partial charge in [0.1, 0.15) is 15.6 Å². The van der Waals surface area contributed by atoms with Crippen LogP contribution in [0.25, 0.3) is 22.6 Å². The zero-order valence-electron chi connectivity index (χ0n) is 16.7. The first kappa shape index (κ1) is 20.5. The van der Waals surface area contributed by atoms with Crippen molar-refractivity contribution >= 4 is 45.6 Å². The van der Waals surface area contributed by atoms with E-state index in [9.17, 15) is 4.79 Å². The molecule has 7 nitrogen and oxygen atoms in total. The molecule has 2 N–H and O–H groups in total. The lowest BCUT2D eigenvalue weighted by atomic mass is 10.2. The summed E-state index contributed by atoms with van der Waals surface area (Å²) in [6, 6.07) is 9.05. The molecule has 0 aliphatic rings. The summed E-state index contributed by atoms with van der Waals surface area (Å²) in [5, 5.41) is 4.23. The Bertz CT molecular complexity index is 1190. The molecule has 0 unspecified atom stereocenters. The highest BCUT2D eigenvalue weighted by Gasteiger charge is 2.15. The number of anilines is 1. The quantitative estimate of drug-likeness (QED) is 0.438. The molecule has 30 heavy (non-hydrogen) atoms. The Morgan fingerprint density at radius 1 is 1.20 bits per heavy atom. The highest BCUT2D eigenvalue weighted by molar-refractivity contribution is 7.13. The molecule has 0 saturated carbocycles. The zero-order chi connectivity index (χ0) is 21.3. The van der Waals surface area contributed by atoms with Crippen LogP contribution in [0.1, 0.15) is 35.5 Å². The van der Waals surface area contributed by atoms with E-state index in [-0.39, 0.29) is 11.5 Å². The van der Waals surface area contributed by atoms with Gasteiger partial charge in [-0.25, -0.2) is 9.97 Å². The van der Waals surface area contributed by atoms with Gasteiger partial charge >= 0.3 is 0 Å². The summed E-state index contributed by atoms with van der Waals surface area (Å²) in [5.74, 6) is 0.420. The first-order valence-corrected chi connectivity index (χ1v) is 10.5. The van der Waals surface area contributed by atoms with Gasteiger partial charge in [-0.15, -0.1) is 11.3 Å². The second kappa shape index (κ2) is 8.14. The van der Waals surface area contributed by atoms with E-state index < -0.39 is 0 Å². The average molecular weight is 442 g/mol. The molecule has 0 bridgehead atoms. The van der Waals surface area contributed by atoms with Gasteiger partial charge in [0.15, 0.2) is 5.82 Å². The number of hydrogen-bond donors (Lipinski definition) is 2. The Hall–Kier alpha value is -2.81. The average Bonchev–Trinajstić information content (AvgIpc) is 3.33. The number of aromatic amines is 1. The fourth-order valence-corrected chi connectivity index (χ4v) is 3.52. The highest BCUT2D eigenvalue weighted by Crippen LogP contribution is 2.24. The summed E-state index contributed by atoms with van der Waals surface area (Å²) in [5.41, 5.74) is 2.67. The fourth-order valence-electron chi connectivity index (χ4n) is 2.68. The number of H-pyrrole nitrogens is 1. The maximum Gasteiger partial charge on any atom is 0.267 e. The van der Waals surface area contributed by atoms with Gasteiger partial charge in [-0.1, -0.05) is 11.6 Å². The van der Waals surface area contributed by atoms with Crippen molar-refractivity contribution < 1.29 is 9.53 Å². The molecule has 0 fully saturated rings. The number of benzene rings is 1. The van der Waals surface area contributed by atoms with Crippen LogP contribution in [-0.2, 0) is 11.3 Å². The zero-order valence-corrected chi connectivity index (χ0v) is 18.3. The standard InChI is InChI=1S/C21H20ClN5O2S/c1-21(2,3)29-11-18-24-10-17(30-18)20(28)25-13-5-7-14-16(8-13)27-19(26-14)15-6-4-12(22)9-23-15/h4-10H,11H2,1-3H3,(H,25,28)(H,26,27). The van der Waals surface area contributed by atoms with Crippen LogP contribution in [0.5, 0.6) is 0 Å². The van der Waals surface area contributed by atoms with Gasteiger partial charge in [0, 0.05) is 11.9 Å². The topological polar surface area (TPSA) is 92.8 Å². The van der Waals surface area contributed by atoms with Gasteiger partial charge in [-0.2, -0.15) is 0 Å². The van der Waals surface area contributed by atoms with E-state index in [4.69, 9.17) is 16.3 Å². The smallest absolute Gasteiger partial charge is 0.267 e. The summed E-state index contributed by atoms with van der Waals surface area (Å²) in [6.45, 7) is 6.32. The minimum absolute atomic E-state index is 0.215. The summed E-state index contributed by atoms with van der Waals surface area (Å²) in [6.07, 6.45) is 3.14. The minimum atomic E-state index is -0.256. The van der Waals surface area contributed by atoms with Crippen LogP contribution in [0.4, 0.5) is 5.69 Å². The van der Waals surface area contributed by atoms with E-state index in [1.807, 2.05) is 39.0 Å². The van der Waals surface area contributed by atoms with E-state index in [2.05, 4.69) is 25.3 Å². The Kier molecular flexibility index (Phi) is 5.55. The van der Waals surface area contributed by atoms with Crippen molar-refractivity contribution in [3.8, 4) is 11.5 Å². The Morgan fingerprint density at radius 3 is 2.77 bits per heavy atom. The third-order valence-corrected chi connectivity index (χ3v) is 5.31. The number of nitrogens with zero attached hydrogens (tertiary/aromatic N) is 3. The Balaban J connectivity index is 1.48. The number of imidazole rings is 1. The van der Waals surface area contributed by atoms with Gasteiger partial charge in [0.25, 0.3) is 5.91 Å². The number of fused-ring (bicyclic) bond motifs is 1. The molecule has 4 aromatic rings. The van der Waals surface area contributed by atoms with Crippen LogP contribution < -0.4 is 5.32 Å². The summed E-state index contributed by atoms with van der Waals surface area (Å²) >= 11 is 7.21. The van der Waals surface area contributed by atoms with Gasteiger partial charge in [0.05, 0.1) is 34.5 Å². The van der Waals surface area contributed by atoms with E-state index in [0.29, 0.717) is 33.7 Å². The van der Waals surface area contributed by atoms with Gasteiger partial charge in [0.2, 0.25) is 0 Å². The first-order valence-electron chi connectivity index (χ1n) is 9.28. The number of nitrogens with one attached hydrogen (secondary N) is 2. The molecular weight excluding hydrogens is 422 g/mol. The minimum Gasteiger partial charge on any atom is -0.369 e. The number of carbonyl (C=O) groups excluding carboxylic acids is 1. The number of pyridine rings is 1. The second-order valence-corrected chi connectivity index (χ2v) is 9.20. The lowest BCUT2D eigenvalue weighted by Crippen LogP contribution is -2.18. The van der Waals surface area contributed by atoms with E-state index >= 15 is 0 Å². The predicted molar refractivity (Wildman–Crippen MR) is 119 cm³/mol. The van der Waals surface area contributed by atoms with E-state index in [1.165, 1.54) is 11.3 Å². The monoisotopic (exact) mass is 441 g/mol. The van der Waals surface area contributed by atoms with Crippen LogP contribution in [0.15, 0.2) is 42.7 Å². The third-order valence-electron chi connectivity index (χ3n) is 4.12. The van der Waals surface area contributed by atoms with Crippen molar-refractivity contribution in [2.75, 3.05) is 5.32 Å². The molecule has 0 saturated heterocycles. The molecule has 1 aromatic carbocycles. The number of carbonyl (C=O) groups is 1. The molecular formula is C21H20ClN5O2S. The van der Waals surface area contributed by atoms with Crippen molar-refractivity contribution in [3.63, 3.8) is 0 Å². The molecule has 1 amide bonds. The molecule has 9 heteroatoms. The molecule has 0 spiro atoms. The molecule has 0 aliphatic carbocycles. The van der Waals surface area contributed by atoms with Gasteiger partial charge < -0.3 is 15.0 Å². The largest absolute Gasteiger partial charge is 0.369 e. The van der Waals surface area contributed by atoms with Gasteiger partial charge in [-0.05, 0) is 51.1 Å². The Morgan fingerprint density at radius 2 is 2.03 bits per heavy atom. The fraction of sp³-hybridized carbons (Fsp3) is 0.238. The van der Waals surface area contributed by atoms with Crippen molar-refractivity contribution in [1.29, 1.82) is 0 Å². The lowest BCUT2D eigenvalue weighted by Gasteiger charge is -2.18. The molecule has 3 aromatic heterocycles. The van der Waals surface area contributed by atoms with Crippen molar-refractivity contribution in [1.82, 2.24) is 19.9 Å². The van der Waals surface area contributed by atoms with Crippen molar-refractivity contribution in [3.05, 3.63) is 57.6 Å². The summed E-state index contributed by atoms with van der Waals surface area (Å²) in [4.78, 5) is 29.4. The van der Waals surface area contributed by atoms with Crippen molar-refractivity contribution in [2.45, 2.75) is 33.0 Å². The maximum atomic E-state index is 12.6. The molecule has 0 atom stereocenters. The van der Waals surface area contributed by atoms with Crippen LogP contribution >= 0.6 is 22.9 Å². The van der Waals surface area contributed by atoms with Crippen LogP contribution in [0.2, 0.25) is 5.02 Å². The number of amides is 1. The third kappa shape index (κ3) is 4.84. The maximum absolute atomic E-state index is 12.6. The number of thiazole rings is 1. The first-order chi connectivity index (χ1) is 14.3. The predicted octanol–water partition coefficient (Wildman–Crippen LogP) is 5.30. The summed E-state index contributed by atoms with van der Waals surface area (Å²) in [7, 11) is 0. The molecule has 0 radical (unpaired) electrons. The molecule has 4 rings (SSSR count). The molecule has 154 valence electrons. The lowest BCUT2D eigenvalue weighted by molar-refractivity contribution is -0.0150.